The first-order chi connectivity index (χ1) is 17.1. The summed E-state index contributed by atoms with van der Waals surface area (Å²) in [4.78, 5) is 20.8. The Morgan fingerprint density at radius 3 is 2.58 bits per heavy atom. The van der Waals surface area contributed by atoms with Gasteiger partial charge in [0, 0.05) is 56.7 Å². The largest absolute Gasteiger partial charge is 0.418 e. The number of hydrogen-bond acceptors (Lipinski definition) is 6. The second kappa shape index (κ2) is 9.93. The van der Waals surface area contributed by atoms with Crippen molar-refractivity contribution in [1.82, 2.24) is 24.2 Å². The molecule has 0 bridgehead atoms. The predicted octanol–water partition coefficient (Wildman–Crippen LogP) is 4.11. The van der Waals surface area contributed by atoms with Crippen LogP contribution in [0.2, 0.25) is 0 Å². The Balaban J connectivity index is 1.74. The molecular weight excluding hydrogens is 471 g/mol. The quantitative estimate of drug-likeness (QED) is 0.506. The highest BCUT2D eigenvalue weighted by atomic mass is 19.4. The minimum Gasteiger partial charge on any atom is -0.364 e. The number of hydrogen-bond donors (Lipinski definition) is 0. The molecule has 0 spiro atoms. The molecule has 36 heavy (non-hydrogen) atoms. The second-order valence-electron chi connectivity index (χ2n) is 9.26. The van der Waals surface area contributed by atoms with Crippen molar-refractivity contribution >= 4 is 16.7 Å². The molecule has 0 N–H and O–H groups in total. The summed E-state index contributed by atoms with van der Waals surface area (Å²) >= 11 is 0. The van der Waals surface area contributed by atoms with Crippen LogP contribution < -0.4 is 10.5 Å². The highest BCUT2D eigenvalue weighted by Gasteiger charge is 2.40. The summed E-state index contributed by atoms with van der Waals surface area (Å²) < 4.78 is 44.2. The van der Waals surface area contributed by atoms with Crippen molar-refractivity contribution in [2.75, 3.05) is 18.0 Å². The first kappa shape index (κ1) is 25.7. The molecule has 1 aliphatic heterocycles. The molecule has 0 amide bonds. The van der Waals surface area contributed by atoms with Crippen molar-refractivity contribution < 1.29 is 13.2 Å². The van der Waals surface area contributed by atoms with E-state index in [0.717, 1.165) is 19.0 Å². The van der Waals surface area contributed by atoms with E-state index in [2.05, 4.69) is 26.0 Å². The highest BCUT2D eigenvalue weighted by Crippen LogP contribution is 2.39. The number of piperazine rings is 1. The van der Waals surface area contributed by atoms with E-state index in [9.17, 15) is 18.0 Å². The van der Waals surface area contributed by atoms with Gasteiger partial charge in [-0.1, -0.05) is 13.8 Å². The third-order valence-corrected chi connectivity index (χ3v) is 7.27. The molecule has 4 heterocycles. The molecule has 0 aliphatic carbocycles. The fraction of sp³-hybridized carbons (Fsp3) is 0.520. The van der Waals surface area contributed by atoms with Gasteiger partial charge in [-0.05, 0) is 31.4 Å². The molecule has 3 atom stereocenters. The molecular formula is C25H30F3N7O. The van der Waals surface area contributed by atoms with Crippen LogP contribution >= 0.6 is 0 Å². The third kappa shape index (κ3) is 4.57. The van der Waals surface area contributed by atoms with Crippen LogP contribution in [-0.4, -0.2) is 49.4 Å². The normalized spacial score (nSPS) is 20.0. The molecule has 1 unspecified atom stereocenters. The molecule has 4 rings (SSSR count). The summed E-state index contributed by atoms with van der Waals surface area (Å²) in [7, 11) is 1.67. The van der Waals surface area contributed by atoms with Crippen molar-refractivity contribution in [2.45, 2.75) is 64.5 Å². The standard InChI is InChI=1S/C25H30F3N7O/c1-5-17-14-35(21-11-23(36)32(4)22-15-33(10-8-29)31-24(21)22)18(6-2)13-34(17)16(3)19-7-9-30-12-20(19)25(26,27)28/h7,9,11-12,15-18H,5-6,10,13-14H2,1-4H3/t16?,17-,18+/m1/s1. The summed E-state index contributed by atoms with van der Waals surface area (Å²) in [5.41, 5.74) is 1.29. The number of nitrogens with zero attached hydrogens (tertiary/aromatic N) is 7. The van der Waals surface area contributed by atoms with Gasteiger partial charge in [0.25, 0.3) is 5.56 Å². The lowest BCUT2D eigenvalue weighted by atomic mass is 9.95. The zero-order valence-electron chi connectivity index (χ0n) is 20.8. The Morgan fingerprint density at radius 2 is 1.94 bits per heavy atom. The maximum atomic E-state index is 13.7. The lowest BCUT2D eigenvalue weighted by Crippen LogP contribution is -2.59. The van der Waals surface area contributed by atoms with Gasteiger partial charge in [0.2, 0.25) is 0 Å². The topological polar surface area (TPSA) is 83.0 Å². The summed E-state index contributed by atoms with van der Waals surface area (Å²) in [6.45, 7) is 7.01. The Labute approximate surface area is 207 Å². The number of nitriles is 1. The van der Waals surface area contributed by atoms with Gasteiger partial charge in [-0.3, -0.25) is 19.4 Å². The van der Waals surface area contributed by atoms with Crippen LogP contribution in [0.5, 0.6) is 0 Å². The smallest absolute Gasteiger partial charge is 0.364 e. The van der Waals surface area contributed by atoms with Crippen molar-refractivity contribution in [1.29, 1.82) is 5.26 Å². The Morgan fingerprint density at radius 1 is 1.22 bits per heavy atom. The summed E-state index contributed by atoms with van der Waals surface area (Å²) in [6, 6.07) is 4.55. The van der Waals surface area contributed by atoms with Crippen molar-refractivity contribution in [3.05, 3.63) is 52.2 Å². The summed E-state index contributed by atoms with van der Waals surface area (Å²) in [5.74, 6) is 0. The molecule has 1 fully saturated rings. The van der Waals surface area contributed by atoms with Gasteiger partial charge >= 0.3 is 6.18 Å². The number of pyridine rings is 2. The molecule has 0 aromatic carbocycles. The van der Waals surface area contributed by atoms with E-state index in [-0.39, 0.29) is 29.8 Å². The Bertz CT molecular complexity index is 1340. The molecule has 1 saturated heterocycles. The Hall–Kier alpha value is -3.39. The van der Waals surface area contributed by atoms with Crippen molar-refractivity contribution in [3.63, 3.8) is 0 Å². The highest BCUT2D eigenvalue weighted by molar-refractivity contribution is 5.88. The van der Waals surface area contributed by atoms with Crippen molar-refractivity contribution in [2.24, 2.45) is 7.05 Å². The van der Waals surface area contributed by atoms with E-state index in [1.807, 2.05) is 20.8 Å². The van der Waals surface area contributed by atoms with Crippen LogP contribution in [0.3, 0.4) is 0 Å². The van der Waals surface area contributed by atoms with Crippen LogP contribution in [0, 0.1) is 11.3 Å². The minimum absolute atomic E-state index is 0.0390. The number of fused-ring (bicyclic) bond motifs is 1. The fourth-order valence-corrected chi connectivity index (χ4v) is 5.25. The van der Waals surface area contributed by atoms with E-state index in [1.54, 1.807) is 19.3 Å². The van der Waals surface area contributed by atoms with E-state index in [4.69, 9.17) is 5.26 Å². The lowest BCUT2D eigenvalue weighted by Gasteiger charge is -2.49. The summed E-state index contributed by atoms with van der Waals surface area (Å²) in [6.07, 6.45) is 0.974. The van der Waals surface area contributed by atoms with Crippen molar-refractivity contribution in [3.8, 4) is 6.07 Å². The van der Waals surface area contributed by atoms with Gasteiger partial charge in [-0.25, -0.2) is 0 Å². The van der Waals surface area contributed by atoms with Crippen LogP contribution in [0.25, 0.3) is 11.0 Å². The van der Waals surface area contributed by atoms with Crippen LogP contribution in [0.15, 0.2) is 35.5 Å². The number of rotatable bonds is 6. The fourth-order valence-electron chi connectivity index (χ4n) is 5.25. The van der Waals surface area contributed by atoms with E-state index < -0.39 is 17.8 Å². The molecule has 1 aliphatic rings. The molecule has 11 heteroatoms. The monoisotopic (exact) mass is 501 g/mol. The van der Waals surface area contributed by atoms with Gasteiger partial charge in [0.05, 0.1) is 29.0 Å². The molecule has 3 aromatic heterocycles. The van der Waals surface area contributed by atoms with E-state index in [1.165, 1.54) is 21.5 Å². The summed E-state index contributed by atoms with van der Waals surface area (Å²) in [5, 5.41) is 13.7. The average Bonchev–Trinajstić information content (AvgIpc) is 3.29. The van der Waals surface area contributed by atoms with Crippen LogP contribution in [0.1, 0.15) is 50.8 Å². The van der Waals surface area contributed by atoms with Gasteiger partial charge in [-0.2, -0.15) is 23.5 Å². The first-order valence-corrected chi connectivity index (χ1v) is 12.1. The molecule has 192 valence electrons. The lowest BCUT2D eigenvalue weighted by molar-refractivity contribution is -0.139. The van der Waals surface area contributed by atoms with Crippen LogP contribution in [0.4, 0.5) is 18.9 Å². The van der Waals surface area contributed by atoms with Crippen LogP contribution in [-0.2, 0) is 19.8 Å². The predicted molar refractivity (Wildman–Crippen MR) is 130 cm³/mol. The maximum absolute atomic E-state index is 13.7. The first-order valence-electron chi connectivity index (χ1n) is 12.1. The molecule has 0 radical (unpaired) electrons. The molecule has 8 nitrogen and oxygen atoms in total. The zero-order valence-corrected chi connectivity index (χ0v) is 20.8. The maximum Gasteiger partial charge on any atom is 0.418 e. The van der Waals surface area contributed by atoms with Gasteiger partial charge in [0.1, 0.15) is 12.1 Å². The number of aryl methyl sites for hydroxylation is 1. The SMILES string of the molecule is CC[C@H]1CN(C(C)c2ccncc2C(F)(F)F)[C@H](CC)CN1c1cc(=O)n(C)c2cn(CC#N)nc12. The second-order valence-corrected chi connectivity index (χ2v) is 9.26. The van der Waals surface area contributed by atoms with E-state index >= 15 is 0 Å². The number of halogens is 3. The minimum atomic E-state index is -4.48. The molecule has 3 aromatic rings. The number of alkyl halides is 3. The number of aromatic nitrogens is 4. The molecule has 0 saturated carbocycles. The van der Waals surface area contributed by atoms with E-state index in [0.29, 0.717) is 29.8 Å². The average molecular weight is 502 g/mol. The van der Waals surface area contributed by atoms with Gasteiger partial charge in [-0.15, -0.1) is 0 Å². The number of anilines is 1. The zero-order chi connectivity index (χ0) is 26.2. The van der Waals surface area contributed by atoms with Gasteiger partial charge in [0.15, 0.2) is 0 Å². The third-order valence-electron chi connectivity index (χ3n) is 7.27. The Kier molecular flexibility index (Phi) is 7.09. The van der Waals surface area contributed by atoms with Gasteiger partial charge < -0.3 is 9.47 Å².